The van der Waals surface area contributed by atoms with Crippen LogP contribution < -0.4 is 0 Å². The van der Waals surface area contributed by atoms with Gasteiger partial charge in [0.15, 0.2) is 0 Å². The van der Waals surface area contributed by atoms with Gasteiger partial charge in [-0.1, -0.05) is 6.92 Å². The van der Waals surface area contributed by atoms with E-state index in [1.165, 1.54) is 4.90 Å². The third-order valence-corrected chi connectivity index (χ3v) is 3.70. The number of carboxylic acids is 1. The van der Waals surface area contributed by atoms with Gasteiger partial charge in [-0.2, -0.15) is 0 Å². The quantitative estimate of drug-likeness (QED) is 0.875. The highest BCUT2D eigenvalue weighted by atomic mass is 16.5. The first-order valence-corrected chi connectivity index (χ1v) is 6.79. The van der Waals surface area contributed by atoms with Crippen LogP contribution in [-0.2, 0) is 16.1 Å². The summed E-state index contributed by atoms with van der Waals surface area (Å²) >= 11 is 0. The molecule has 1 amide bonds. The second-order valence-corrected chi connectivity index (χ2v) is 5.05. The number of carboxylic acid groups (broad SMARTS) is 1. The second kappa shape index (κ2) is 6.09. The van der Waals surface area contributed by atoms with Gasteiger partial charge in [0, 0.05) is 19.8 Å². The first-order valence-electron chi connectivity index (χ1n) is 6.79. The van der Waals surface area contributed by atoms with Crippen LogP contribution in [0.1, 0.15) is 23.8 Å². The number of nitrogens with zero attached hydrogens (tertiary/aromatic N) is 2. The van der Waals surface area contributed by atoms with Gasteiger partial charge in [0.05, 0.1) is 19.3 Å². The molecule has 6 nitrogen and oxygen atoms in total. The molecule has 1 aliphatic heterocycles. The number of carbonyl (C=O) groups is 2. The smallest absolute Gasteiger partial charge is 0.311 e. The third kappa shape index (κ3) is 2.70. The van der Waals surface area contributed by atoms with Crippen molar-refractivity contribution in [3.8, 4) is 0 Å². The van der Waals surface area contributed by atoms with E-state index in [1.54, 1.807) is 13.1 Å². The zero-order valence-corrected chi connectivity index (χ0v) is 11.8. The molecule has 1 saturated heterocycles. The van der Waals surface area contributed by atoms with Crippen LogP contribution in [-0.4, -0.2) is 52.8 Å². The Bertz CT molecular complexity index is 497. The molecule has 2 rings (SSSR count). The summed E-state index contributed by atoms with van der Waals surface area (Å²) in [6.45, 7) is 3.25. The molecule has 0 saturated carbocycles. The first-order chi connectivity index (χ1) is 9.56. The molecule has 110 valence electrons. The van der Waals surface area contributed by atoms with Crippen molar-refractivity contribution in [2.75, 3.05) is 20.3 Å². The van der Waals surface area contributed by atoms with Crippen molar-refractivity contribution >= 4 is 11.9 Å². The molecule has 1 N–H and O–H groups in total. The van der Waals surface area contributed by atoms with Crippen LogP contribution in [0, 0.1) is 5.92 Å². The van der Waals surface area contributed by atoms with Gasteiger partial charge in [0.2, 0.25) is 0 Å². The lowest BCUT2D eigenvalue weighted by Crippen LogP contribution is -2.44. The summed E-state index contributed by atoms with van der Waals surface area (Å²) in [6, 6.07) is 3.18. The van der Waals surface area contributed by atoms with Crippen LogP contribution in [0.15, 0.2) is 18.3 Å². The predicted octanol–water partition coefficient (Wildman–Crippen LogP) is 1.07. The average Bonchev–Trinajstić information content (AvgIpc) is 3.05. The molecule has 0 aromatic carbocycles. The van der Waals surface area contributed by atoms with Gasteiger partial charge in [-0.15, -0.1) is 0 Å². The maximum Gasteiger partial charge on any atom is 0.311 e. The Labute approximate surface area is 117 Å². The zero-order valence-electron chi connectivity index (χ0n) is 11.8. The van der Waals surface area contributed by atoms with Gasteiger partial charge in [-0.3, -0.25) is 9.59 Å². The predicted molar refractivity (Wildman–Crippen MR) is 72.5 cm³/mol. The molecule has 2 unspecified atom stereocenters. The van der Waals surface area contributed by atoms with E-state index in [9.17, 15) is 9.59 Å². The molecule has 1 aromatic heterocycles. The lowest BCUT2D eigenvalue weighted by molar-refractivity contribution is -0.142. The van der Waals surface area contributed by atoms with Gasteiger partial charge in [0.1, 0.15) is 11.6 Å². The largest absolute Gasteiger partial charge is 0.481 e. The van der Waals surface area contributed by atoms with Crippen LogP contribution in [0.5, 0.6) is 0 Å². The minimum Gasteiger partial charge on any atom is -0.481 e. The Morgan fingerprint density at radius 3 is 2.90 bits per heavy atom. The summed E-state index contributed by atoms with van der Waals surface area (Å²) in [5.41, 5.74) is 0.588. The van der Waals surface area contributed by atoms with E-state index in [2.05, 4.69) is 0 Å². The normalized spacial score (nSPS) is 21.9. The summed E-state index contributed by atoms with van der Waals surface area (Å²) in [5.74, 6) is -1.74. The molecule has 0 spiro atoms. The number of hydrogen-bond donors (Lipinski definition) is 1. The molecular weight excluding hydrogens is 260 g/mol. The van der Waals surface area contributed by atoms with Gasteiger partial charge >= 0.3 is 5.97 Å². The number of hydrogen-bond acceptors (Lipinski definition) is 3. The van der Waals surface area contributed by atoms with E-state index < -0.39 is 17.9 Å². The van der Waals surface area contributed by atoms with Crippen molar-refractivity contribution in [2.45, 2.75) is 25.9 Å². The van der Waals surface area contributed by atoms with Gasteiger partial charge < -0.3 is 19.3 Å². The number of aliphatic carboxylic acids is 1. The molecule has 0 radical (unpaired) electrons. The highest BCUT2D eigenvalue weighted by molar-refractivity contribution is 5.93. The lowest BCUT2D eigenvalue weighted by atomic mass is 10.0. The van der Waals surface area contributed by atoms with Crippen LogP contribution in [0.2, 0.25) is 0 Å². The summed E-state index contributed by atoms with van der Waals surface area (Å²) in [7, 11) is 1.64. The van der Waals surface area contributed by atoms with E-state index >= 15 is 0 Å². The Balaban J connectivity index is 2.15. The number of amides is 1. The van der Waals surface area contributed by atoms with E-state index in [0.717, 1.165) is 13.0 Å². The average molecular weight is 280 g/mol. The lowest BCUT2D eigenvalue weighted by Gasteiger charge is -2.26. The molecule has 1 aliphatic rings. The molecule has 0 aliphatic carbocycles. The minimum atomic E-state index is -0.920. The summed E-state index contributed by atoms with van der Waals surface area (Å²) in [6.07, 6.45) is 2.80. The highest BCUT2D eigenvalue weighted by Crippen LogP contribution is 2.21. The number of aryl methyl sites for hydroxylation is 1. The Hall–Kier alpha value is -1.82. The Morgan fingerprint density at radius 2 is 2.25 bits per heavy atom. The van der Waals surface area contributed by atoms with Crippen molar-refractivity contribution < 1.29 is 19.4 Å². The molecule has 20 heavy (non-hydrogen) atoms. The summed E-state index contributed by atoms with van der Waals surface area (Å²) < 4.78 is 7.11. The first kappa shape index (κ1) is 14.6. The molecule has 2 heterocycles. The molecule has 6 heteroatoms. The second-order valence-electron chi connectivity index (χ2n) is 5.05. The van der Waals surface area contributed by atoms with Crippen LogP contribution in [0.4, 0.5) is 0 Å². The zero-order chi connectivity index (χ0) is 14.7. The van der Waals surface area contributed by atoms with E-state index in [0.29, 0.717) is 5.69 Å². The molecular formula is C14H20N2O4. The number of carbonyl (C=O) groups excluding carboxylic acids is 1. The molecule has 1 fully saturated rings. The number of aromatic nitrogens is 1. The highest BCUT2D eigenvalue weighted by Gasteiger charge is 2.39. The van der Waals surface area contributed by atoms with Crippen molar-refractivity contribution in [1.82, 2.24) is 9.47 Å². The molecule has 1 aromatic rings. The fourth-order valence-electron chi connectivity index (χ4n) is 2.54. The van der Waals surface area contributed by atoms with E-state index in [-0.39, 0.29) is 19.1 Å². The van der Waals surface area contributed by atoms with Crippen molar-refractivity contribution in [2.24, 2.45) is 5.92 Å². The van der Waals surface area contributed by atoms with Crippen molar-refractivity contribution in [3.05, 3.63) is 24.0 Å². The van der Waals surface area contributed by atoms with Gasteiger partial charge in [0.25, 0.3) is 5.91 Å². The summed E-state index contributed by atoms with van der Waals surface area (Å²) in [4.78, 5) is 25.2. The van der Waals surface area contributed by atoms with Gasteiger partial charge in [-0.05, 0) is 18.6 Å². The van der Waals surface area contributed by atoms with E-state index in [4.69, 9.17) is 9.84 Å². The Morgan fingerprint density at radius 1 is 1.50 bits per heavy atom. The Kier molecular flexibility index (Phi) is 4.44. The number of ether oxygens (including phenoxy) is 1. The molecule has 0 bridgehead atoms. The summed E-state index contributed by atoms with van der Waals surface area (Å²) in [5, 5.41) is 9.16. The third-order valence-electron chi connectivity index (χ3n) is 3.70. The topological polar surface area (TPSA) is 71.8 Å². The maximum absolute atomic E-state index is 12.5. The monoisotopic (exact) mass is 280 g/mol. The standard InChI is InChI=1S/C14H20N2O4/c1-3-6-16-7-4-5-11(16)13(17)15(2)12-9-20-8-10(12)14(18)19/h4-5,7,10,12H,3,6,8-9H2,1-2H3,(H,18,19). The van der Waals surface area contributed by atoms with Crippen molar-refractivity contribution in [1.29, 1.82) is 0 Å². The fourth-order valence-corrected chi connectivity index (χ4v) is 2.54. The molecule has 2 atom stereocenters. The number of likely N-dealkylation sites (N-methyl/N-ethyl adjacent to an activating group) is 1. The maximum atomic E-state index is 12.5. The van der Waals surface area contributed by atoms with Crippen LogP contribution in [0.3, 0.4) is 0 Å². The van der Waals surface area contributed by atoms with E-state index in [1.807, 2.05) is 23.8 Å². The SMILES string of the molecule is CCCn1cccc1C(=O)N(C)C1COCC1C(=O)O. The van der Waals surface area contributed by atoms with Crippen molar-refractivity contribution in [3.63, 3.8) is 0 Å². The van der Waals surface area contributed by atoms with Crippen LogP contribution >= 0.6 is 0 Å². The van der Waals surface area contributed by atoms with Crippen LogP contribution in [0.25, 0.3) is 0 Å². The minimum absolute atomic E-state index is 0.160. The fraction of sp³-hybridized carbons (Fsp3) is 0.571. The number of rotatable bonds is 5. The van der Waals surface area contributed by atoms with Gasteiger partial charge in [-0.25, -0.2) is 0 Å².